The maximum atomic E-state index is 13.0. The van der Waals surface area contributed by atoms with E-state index in [1.54, 1.807) is 48.5 Å². The maximum absolute atomic E-state index is 13.0. The number of carboxylic acids is 2. The SMILES string of the molecule is O=C(O)CCNC(=O)c1ccc(C(NC(=O)Nc2cccc(OC(F)(F)F)c2)c2ccc(C3=CCCCC3)cc2)cc1.O=C(O)CCNC(=O)c1ccc(C(NC(=O)Nc2cccc(OC(F)(F)F)c2)c2ccc(C3CCCCC3)cc2)cc1. The lowest BCUT2D eigenvalue weighted by Crippen LogP contribution is -2.33. The van der Waals surface area contributed by atoms with Crippen molar-refractivity contribution < 1.29 is 74.8 Å². The maximum Gasteiger partial charge on any atom is 0.573 e. The first kappa shape index (κ1) is 62.3. The van der Waals surface area contributed by atoms with Crippen molar-refractivity contribution in [2.24, 2.45) is 0 Å². The Kier molecular flexibility index (Phi) is 21.9. The molecule has 22 heteroatoms. The summed E-state index contributed by atoms with van der Waals surface area (Å²) in [6, 6.07) is 36.1. The van der Waals surface area contributed by atoms with E-state index in [0.29, 0.717) is 28.2 Å². The van der Waals surface area contributed by atoms with Gasteiger partial charge in [-0.3, -0.25) is 19.2 Å². The molecule has 2 atom stereocenters. The number of carbonyl (C=O) groups excluding carboxylic acids is 4. The molecule has 2 aliphatic carbocycles. The second kappa shape index (κ2) is 29.6. The number of halogens is 6. The molecule has 6 amide bonds. The van der Waals surface area contributed by atoms with Crippen LogP contribution in [0.2, 0.25) is 0 Å². The van der Waals surface area contributed by atoms with Crippen molar-refractivity contribution in [3.05, 3.63) is 196 Å². The zero-order chi connectivity index (χ0) is 60.2. The van der Waals surface area contributed by atoms with E-state index in [2.05, 4.69) is 59.6 Å². The Labute approximate surface area is 480 Å². The van der Waals surface area contributed by atoms with Crippen LogP contribution >= 0.6 is 0 Å². The molecule has 0 aromatic heterocycles. The van der Waals surface area contributed by atoms with Crippen LogP contribution in [0.25, 0.3) is 5.57 Å². The van der Waals surface area contributed by atoms with E-state index >= 15 is 0 Å². The van der Waals surface area contributed by atoms with Gasteiger partial charge in [0, 0.05) is 47.7 Å². The van der Waals surface area contributed by atoms with E-state index < -0.39 is 72.1 Å². The number of rotatable bonds is 20. The number of hydrogen-bond donors (Lipinski definition) is 8. The van der Waals surface area contributed by atoms with Crippen molar-refractivity contribution in [3.63, 3.8) is 0 Å². The fourth-order valence-electron chi connectivity index (χ4n) is 9.67. The molecule has 2 aliphatic rings. The normalized spacial score (nSPS) is 14.1. The largest absolute Gasteiger partial charge is 0.573 e. The second-order valence-corrected chi connectivity index (χ2v) is 19.9. The summed E-state index contributed by atoms with van der Waals surface area (Å²) in [5.74, 6) is -3.35. The Morgan fingerprint density at radius 3 is 1.32 bits per heavy atom. The van der Waals surface area contributed by atoms with Gasteiger partial charge >= 0.3 is 36.7 Å². The minimum absolute atomic E-state index is 0.0111. The molecule has 0 aliphatic heterocycles. The van der Waals surface area contributed by atoms with Gasteiger partial charge in [0.15, 0.2) is 0 Å². The highest BCUT2D eigenvalue weighted by molar-refractivity contribution is 5.95. The van der Waals surface area contributed by atoms with Gasteiger partial charge in [-0.2, -0.15) is 0 Å². The third kappa shape index (κ3) is 20.0. The van der Waals surface area contributed by atoms with E-state index in [1.807, 2.05) is 36.4 Å². The first-order valence-electron chi connectivity index (χ1n) is 27.1. The van der Waals surface area contributed by atoms with Crippen molar-refractivity contribution in [2.75, 3.05) is 23.7 Å². The summed E-state index contributed by atoms with van der Waals surface area (Å²) >= 11 is 0. The molecule has 16 nitrogen and oxygen atoms in total. The van der Waals surface area contributed by atoms with Crippen LogP contribution < -0.4 is 41.4 Å². The van der Waals surface area contributed by atoms with Crippen LogP contribution in [-0.4, -0.2) is 71.8 Å². The number of ether oxygens (including phenoxy) is 2. The van der Waals surface area contributed by atoms with Crippen LogP contribution in [0.5, 0.6) is 11.5 Å². The molecule has 2 unspecified atom stereocenters. The number of aliphatic carboxylic acids is 2. The van der Waals surface area contributed by atoms with Crippen LogP contribution in [0.3, 0.4) is 0 Å². The zero-order valence-electron chi connectivity index (χ0n) is 45.3. The Hall–Kier alpha value is -9.34. The molecule has 8 N–H and O–H groups in total. The van der Waals surface area contributed by atoms with Gasteiger partial charge in [0.05, 0.1) is 24.9 Å². The van der Waals surface area contributed by atoms with E-state index in [9.17, 15) is 55.1 Å². The molecule has 6 aromatic carbocycles. The molecular formula is C62H62F6N6O10. The molecule has 0 spiro atoms. The average Bonchev–Trinajstić information content (AvgIpc) is 3.56. The third-order valence-corrected chi connectivity index (χ3v) is 13.7. The number of alkyl halides is 6. The lowest BCUT2D eigenvalue weighted by atomic mass is 9.83. The Bertz CT molecular complexity index is 3240. The molecule has 1 saturated carbocycles. The smallest absolute Gasteiger partial charge is 0.481 e. The van der Waals surface area contributed by atoms with Crippen LogP contribution in [0.15, 0.2) is 152 Å². The molecule has 0 heterocycles. The Morgan fingerprint density at radius 2 is 0.929 bits per heavy atom. The second-order valence-electron chi connectivity index (χ2n) is 19.9. The highest BCUT2D eigenvalue weighted by Crippen LogP contribution is 2.35. The van der Waals surface area contributed by atoms with Gasteiger partial charge in [0.1, 0.15) is 11.5 Å². The molecule has 0 radical (unpaired) electrons. The first-order chi connectivity index (χ1) is 40.1. The topological polar surface area (TPSA) is 234 Å². The number of hydrogen-bond acceptors (Lipinski definition) is 8. The average molecular weight is 1170 g/mol. The lowest BCUT2D eigenvalue weighted by Gasteiger charge is -2.24. The number of benzene rings is 6. The van der Waals surface area contributed by atoms with E-state index in [-0.39, 0.29) is 37.3 Å². The minimum atomic E-state index is -4.87. The van der Waals surface area contributed by atoms with E-state index in [4.69, 9.17) is 10.2 Å². The summed E-state index contributed by atoms with van der Waals surface area (Å²) in [4.78, 5) is 72.3. The van der Waals surface area contributed by atoms with E-state index in [0.717, 1.165) is 73.1 Å². The number of allylic oxidation sites excluding steroid dienone is 2. The van der Waals surface area contributed by atoms with Crippen LogP contribution in [-0.2, 0) is 9.59 Å². The van der Waals surface area contributed by atoms with Gasteiger partial charge in [-0.25, -0.2) is 9.59 Å². The van der Waals surface area contributed by atoms with Gasteiger partial charge in [0.25, 0.3) is 11.8 Å². The molecule has 442 valence electrons. The number of nitrogens with one attached hydrogen (secondary N) is 6. The van der Waals surface area contributed by atoms with Crippen molar-refractivity contribution in [1.29, 1.82) is 0 Å². The fourth-order valence-corrected chi connectivity index (χ4v) is 9.67. The standard InChI is InChI=1S/C31H32F3N3O5.C31H30F3N3O5/c2*32-31(33,34)42-26-8-4-7-25(19-26)36-30(41)37-28(22-11-9-21(10-12-22)20-5-2-1-3-6-20)23-13-15-24(16-14-23)29(40)35-18-17-27(38)39/h4,7-16,19-20,28H,1-3,5-6,17-18H2,(H,35,40)(H,38,39)(H2,36,37,41);4-5,7-16,19,28H,1-3,6,17-18H2,(H,35,40)(H,38,39)(H2,36,37,41). The summed E-state index contributed by atoms with van der Waals surface area (Å²) in [6.07, 6.45) is 2.33. The molecule has 84 heavy (non-hydrogen) atoms. The number of carbonyl (C=O) groups is 6. The quantitative estimate of drug-likeness (QED) is 0.0337. The first-order valence-corrected chi connectivity index (χ1v) is 27.1. The molecular weight excluding hydrogens is 1100 g/mol. The van der Waals surface area contributed by atoms with Crippen LogP contribution in [0.4, 0.5) is 47.3 Å². The Balaban J connectivity index is 0.000000241. The summed E-state index contributed by atoms with van der Waals surface area (Å²) in [5.41, 5.74) is 7.26. The minimum Gasteiger partial charge on any atom is -0.481 e. The zero-order valence-corrected chi connectivity index (χ0v) is 45.3. The fraction of sp³-hybridized carbons (Fsp3) is 0.290. The number of amides is 6. The van der Waals surface area contributed by atoms with Crippen molar-refractivity contribution >= 4 is 52.8 Å². The molecule has 0 saturated heterocycles. The monoisotopic (exact) mass is 1160 g/mol. The molecule has 0 bridgehead atoms. The molecule has 6 aromatic rings. The summed E-state index contributed by atoms with van der Waals surface area (Å²) in [5, 5.41) is 33.5. The molecule has 8 rings (SSSR count). The molecule has 1 fully saturated rings. The third-order valence-electron chi connectivity index (χ3n) is 13.7. The van der Waals surface area contributed by atoms with Crippen molar-refractivity contribution in [1.82, 2.24) is 21.3 Å². The highest BCUT2D eigenvalue weighted by atomic mass is 19.4. The van der Waals surface area contributed by atoms with Crippen LogP contribution in [0.1, 0.15) is 143 Å². The number of urea groups is 2. The van der Waals surface area contributed by atoms with Crippen molar-refractivity contribution in [2.45, 2.75) is 101 Å². The van der Waals surface area contributed by atoms with Crippen molar-refractivity contribution in [3.8, 4) is 11.5 Å². The Morgan fingerprint density at radius 1 is 0.512 bits per heavy atom. The lowest BCUT2D eigenvalue weighted by molar-refractivity contribution is -0.275. The van der Waals surface area contributed by atoms with E-state index in [1.165, 1.54) is 61.1 Å². The van der Waals surface area contributed by atoms with Gasteiger partial charge in [-0.1, -0.05) is 110 Å². The predicted octanol–water partition coefficient (Wildman–Crippen LogP) is 13.4. The van der Waals surface area contributed by atoms with Crippen LogP contribution in [0, 0.1) is 0 Å². The van der Waals surface area contributed by atoms with Gasteiger partial charge in [-0.15, -0.1) is 26.3 Å². The van der Waals surface area contributed by atoms with Gasteiger partial charge in [0.2, 0.25) is 0 Å². The summed E-state index contributed by atoms with van der Waals surface area (Å²) in [7, 11) is 0. The summed E-state index contributed by atoms with van der Waals surface area (Å²) in [6.45, 7) is -0.0267. The summed E-state index contributed by atoms with van der Waals surface area (Å²) < 4.78 is 83.6. The number of anilines is 2. The van der Waals surface area contributed by atoms with Gasteiger partial charge < -0.3 is 51.6 Å². The predicted molar refractivity (Wildman–Crippen MR) is 301 cm³/mol. The van der Waals surface area contributed by atoms with Gasteiger partial charge in [-0.05, 0) is 132 Å². The highest BCUT2D eigenvalue weighted by Gasteiger charge is 2.32. The number of carboxylic acid groups (broad SMARTS) is 2.